The van der Waals surface area contributed by atoms with E-state index in [0.29, 0.717) is 23.7 Å². The second-order valence-corrected chi connectivity index (χ2v) is 19.3. The third-order valence-corrected chi connectivity index (χ3v) is 15.6. The SMILES string of the molecule is C/C(=C/C(CP(c1cccs1)c1cccs1)=Nc1c(C(C)C)cccc1C(C)C)[N]([Ge][Cl])c1c(C(C)C)cccc1C(C)C. The molecule has 2 heterocycles. The molecule has 44 heavy (non-hydrogen) atoms. The van der Waals surface area contributed by atoms with E-state index in [9.17, 15) is 0 Å². The molecular weight excluding hydrogens is 676 g/mol. The molecule has 2 aromatic carbocycles. The van der Waals surface area contributed by atoms with Crippen LogP contribution >= 0.6 is 40.6 Å². The third kappa shape index (κ3) is 8.36. The Kier molecular flexibility index (Phi) is 13.0. The van der Waals surface area contributed by atoms with Gasteiger partial charge in [-0.15, -0.1) is 0 Å². The summed E-state index contributed by atoms with van der Waals surface area (Å²) < 4.78 is 5.31. The molecule has 0 unspecified atom stereocenters. The van der Waals surface area contributed by atoms with Gasteiger partial charge in [-0.2, -0.15) is 0 Å². The molecule has 0 amide bonds. The van der Waals surface area contributed by atoms with E-state index in [1.165, 1.54) is 42.9 Å². The standard InChI is InChI=1S/C37H46ClGeN2PS2/c1-24(2)30-14-10-15-31(25(3)4)36(30)40-29(23-42(34-18-12-20-43-34)35-19-13-21-44-35)22-28(9)41(39-38)37-32(26(5)6)16-11-17-33(37)27(7)8/h10-22,24-27H,23H2,1-9H3/b28-22-,40-29?. The maximum atomic E-state index is 6.97. The van der Waals surface area contributed by atoms with Gasteiger partial charge in [-0.25, -0.2) is 0 Å². The van der Waals surface area contributed by atoms with Crippen molar-refractivity contribution < 1.29 is 0 Å². The Balaban J connectivity index is 1.95. The summed E-state index contributed by atoms with van der Waals surface area (Å²) in [5.41, 5.74) is 10.1. The van der Waals surface area contributed by atoms with E-state index in [1.54, 1.807) is 0 Å². The average Bonchev–Trinajstić information content (AvgIpc) is 3.71. The van der Waals surface area contributed by atoms with Crippen molar-refractivity contribution >= 4 is 81.7 Å². The Morgan fingerprint density at radius 1 is 0.750 bits per heavy atom. The van der Waals surface area contributed by atoms with Gasteiger partial charge >= 0.3 is 288 Å². The molecule has 7 heteroatoms. The van der Waals surface area contributed by atoms with E-state index in [-0.39, 0.29) is 0 Å². The second kappa shape index (κ2) is 16.2. The van der Waals surface area contributed by atoms with Crippen LogP contribution in [0.25, 0.3) is 0 Å². The Morgan fingerprint density at radius 3 is 1.59 bits per heavy atom. The zero-order valence-corrected chi connectivity index (χ0v) is 32.9. The average molecular weight is 722 g/mol. The van der Waals surface area contributed by atoms with Gasteiger partial charge in [-0.1, -0.05) is 0 Å². The first-order valence-corrected chi connectivity index (χ1v) is 22.5. The maximum absolute atomic E-state index is 6.97. The van der Waals surface area contributed by atoms with Crippen LogP contribution in [0.1, 0.15) is 108 Å². The molecule has 0 aliphatic heterocycles. The fraction of sp³-hybridized carbons (Fsp3) is 0.378. The summed E-state index contributed by atoms with van der Waals surface area (Å²) in [6.45, 7) is 20.5. The Hall–Kier alpha value is -1.69. The number of thiophene rings is 2. The van der Waals surface area contributed by atoms with Crippen molar-refractivity contribution in [2.24, 2.45) is 4.99 Å². The van der Waals surface area contributed by atoms with Crippen molar-refractivity contribution in [3.63, 3.8) is 0 Å². The molecule has 0 aliphatic rings. The van der Waals surface area contributed by atoms with Gasteiger partial charge < -0.3 is 0 Å². The van der Waals surface area contributed by atoms with E-state index in [2.05, 4.69) is 144 Å². The van der Waals surface area contributed by atoms with Gasteiger partial charge in [0.15, 0.2) is 0 Å². The third-order valence-electron chi connectivity index (χ3n) is 7.84. The van der Waals surface area contributed by atoms with Crippen molar-refractivity contribution in [3.05, 3.63) is 105 Å². The predicted octanol–water partition coefficient (Wildman–Crippen LogP) is 11.7. The van der Waals surface area contributed by atoms with Crippen LogP contribution in [-0.2, 0) is 0 Å². The first-order chi connectivity index (χ1) is 21.0. The number of nitrogens with zero attached hydrogens (tertiary/aromatic N) is 2. The summed E-state index contributed by atoms with van der Waals surface area (Å²) in [4.78, 5) is 5.64. The fourth-order valence-electron chi connectivity index (χ4n) is 5.53. The molecule has 2 aromatic heterocycles. The number of hydrogen-bond acceptors (Lipinski definition) is 4. The molecule has 0 aliphatic carbocycles. The molecule has 0 fully saturated rings. The van der Waals surface area contributed by atoms with Crippen LogP contribution in [0, 0.1) is 0 Å². The monoisotopic (exact) mass is 722 g/mol. The summed E-state index contributed by atoms with van der Waals surface area (Å²) in [6, 6.07) is 22.5. The van der Waals surface area contributed by atoms with Crippen molar-refractivity contribution in [1.29, 1.82) is 0 Å². The van der Waals surface area contributed by atoms with Crippen LogP contribution in [0.5, 0.6) is 0 Å². The summed E-state index contributed by atoms with van der Waals surface area (Å²) in [5, 5.41) is 4.41. The second-order valence-electron chi connectivity index (χ2n) is 12.5. The van der Waals surface area contributed by atoms with Crippen LogP contribution in [0.3, 0.4) is 0 Å². The van der Waals surface area contributed by atoms with Crippen molar-refractivity contribution in [3.8, 4) is 0 Å². The molecule has 0 saturated carbocycles. The number of halogens is 1. The fourth-order valence-corrected chi connectivity index (χ4v) is 12.8. The topological polar surface area (TPSA) is 15.6 Å². The van der Waals surface area contributed by atoms with Crippen LogP contribution in [0.4, 0.5) is 11.4 Å². The van der Waals surface area contributed by atoms with E-state index < -0.39 is 22.6 Å². The minimum atomic E-state index is -0.951. The normalized spacial score (nSPS) is 12.9. The minimum absolute atomic E-state index is 0.382. The molecule has 0 atom stereocenters. The summed E-state index contributed by atoms with van der Waals surface area (Å²) in [7, 11) is 6.39. The Bertz CT molecular complexity index is 1470. The molecule has 2 nitrogen and oxygen atoms in total. The van der Waals surface area contributed by atoms with Gasteiger partial charge in [0.1, 0.15) is 0 Å². The van der Waals surface area contributed by atoms with Crippen LogP contribution in [0.2, 0.25) is 0 Å². The number of para-hydroxylation sites is 2. The summed E-state index contributed by atoms with van der Waals surface area (Å²) in [6.07, 6.45) is 3.24. The zero-order chi connectivity index (χ0) is 32.0. The van der Waals surface area contributed by atoms with E-state index in [0.717, 1.165) is 17.6 Å². The van der Waals surface area contributed by atoms with Crippen LogP contribution in [-0.4, -0.2) is 26.6 Å². The number of aliphatic imine (C=N–C) groups is 1. The summed E-state index contributed by atoms with van der Waals surface area (Å²) in [5.74, 6) is 1.57. The van der Waals surface area contributed by atoms with Crippen LogP contribution < -0.4 is 13.1 Å². The Labute approximate surface area is 286 Å². The van der Waals surface area contributed by atoms with E-state index in [1.807, 2.05) is 22.7 Å². The summed E-state index contributed by atoms with van der Waals surface area (Å²) >= 11 is 2.78. The van der Waals surface area contributed by atoms with E-state index in [4.69, 9.17) is 15.0 Å². The van der Waals surface area contributed by atoms with Crippen molar-refractivity contribution in [2.45, 2.75) is 86.0 Å². The zero-order valence-electron chi connectivity index (χ0n) is 27.6. The number of allylic oxidation sites excluding steroid dienone is 2. The van der Waals surface area contributed by atoms with Crippen LogP contribution in [0.15, 0.2) is 88.2 Å². The first-order valence-electron chi connectivity index (χ1n) is 15.6. The molecule has 2 radical (unpaired) electrons. The molecular formula is C37H46ClGeN2PS2. The predicted molar refractivity (Wildman–Crippen MR) is 204 cm³/mol. The van der Waals surface area contributed by atoms with Gasteiger partial charge in [0.25, 0.3) is 0 Å². The molecule has 0 N–H and O–H groups in total. The Morgan fingerprint density at radius 2 is 1.20 bits per heavy atom. The number of rotatable bonds is 13. The number of hydrogen-bond donors (Lipinski definition) is 0. The molecule has 232 valence electrons. The number of benzene rings is 2. The van der Waals surface area contributed by atoms with Gasteiger partial charge in [0, 0.05) is 0 Å². The molecule has 0 saturated heterocycles. The molecule has 0 bridgehead atoms. The molecule has 4 rings (SSSR count). The van der Waals surface area contributed by atoms with Gasteiger partial charge in [0.2, 0.25) is 0 Å². The van der Waals surface area contributed by atoms with Gasteiger partial charge in [0.05, 0.1) is 0 Å². The quantitative estimate of drug-likeness (QED) is 0.0762. The first kappa shape index (κ1) is 35.2. The van der Waals surface area contributed by atoms with E-state index >= 15 is 0 Å². The van der Waals surface area contributed by atoms with Crippen molar-refractivity contribution in [1.82, 2.24) is 0 Å². The van der Waals surface area contributed by atoms with Crippen molar-refractivity contribution in [2.75, 3.05) is 10.0 Å². The number of anilines is 1. The van der Waals surface area contributed by atoms with Gasteiger partial charge in [-0.3, -0.25) is 0 Å². The van der Waals surface area contributed by atoms with Gasteiger partial charge in [-0.05, 0) is 0 Å². The molecule has 4 aromatic rings. The molecule has 0 spiro atoms.